The van der Waals surface area contributed by atoms with E-state index in [2.05, 4.69) is 5.32 Å². The van der Waals surface area contributed by atoms with E-state index in [4.69, 9.17) is 5.73 Å². The second-order valence-corrected chi connectivity index (χ2v) is 10.6. The van der Waals surface area contributed by atoms with Gasteiger partial charge in [0.25, 0.3) is 5.91 Å². The first-order chi connectivity index (χ1) is 19.2. The lowest BCUT2D eigenvalue weighted by Gasteiger charge is -2.34. The van der Waals surface area contributed by atoms with Crippen LogP contribution in [0.5, 0.6) is 0 Å². The fraction of sp³-hybridized carbons (Fsp3) is 0.258. The normalized spacial score (nSPS) is 12.5. The summed E-state index contributed by atoms with van der Waals surface area (Å²) in [6, 6.07) is 19.2. The van der Waals surface area contributed by atoms with Crippen molar-refractivity contribution < 1.29 is 18.8 Å². The van der Waals surface area contributed by atoms with Gasteiger partial charge < -0.3 is 20.9 Å². The number of hydrogen-bond donors (Lipinski definition) is 2. The second kappa shape index (κ2) is 12.8. The van der Waals surface area contributed by atoms with Crippen LogP contribution in [-0.2, 0) is 29.0 Å². The van der Waals surface area contributed by atoms with E-state index in [1.165, 1.54) is 30.0 Å². The van der Waals surface area contributed by atoms with Crippen LogP contribution in [0.3, 0.4) is 0 Å². The van der Waals surface area contributed by atoms with Gasteiger partial charge in [-0.05, 0) is 51.7 Å². The number of halogens is 1. The van der Waals surface area contributed by atoms with Crippen molar-refractivity contribution >= 4 is 39.1 Å². The lowest BCUT2D eigenvalue weighted by Crippen LogP contribution is -2.55. The number of nitrogens with zero attached hydrogens (tertiary/aromatic N) is 2. The molecule has 40 heavy (non-hydrogen) atoms. The van der Waals surface area contributed by atoms with E-state index in [1.54, 1.807) is 54.8 Å². The SMILES string of the molecule is CNC(=O)[C@@H](Cc1ccccc1F)N(C)C(=O)[C@@H](Cc1csc2ccccc12)N(C)C(=O)c1cccc(CN)c1. The molecule has 0 radical (unpaired) electrons. The number of carbonyl (C=O) groups is 3. The topological polar surface area (TPSA) is 95.7 Å². The molecule has 0 aliphatic rings. The second-order valence-electron chi connectivity index (χ2n) is 9.67. The third-order valence-electron chi connectivity index (χ3n) is 7.19. The Morgan fingerprint density at radius 2 is 1.60 bits per heavy atom. The highest BCUT2D eigenvalue weighted by Crippen LogP contribution is 2.28. The van der Waals surface area contributed by atoms with Crippen molar-refractivity contribution in [3.8, 4) is 0 Å². The van der Waals surface area contributed by atoms with Crippen LogP contribution in [0.4, 0.5) is 4.39 Å². The number of amides is 3. The predicted octanol–water partition coefficient (Wildman–Crippen LogP) is 4.00. The summed E-state index contributed by atoms with van der Waals surface area (Å²) in [6.45, 7) is 0.278. The number of hydrogen-bond acceptors (Lipinski definition) is 5. The number of thiophene rings is 1. The number of carbonyl (C=O) groups excluding carboxylic acids is 3. The molecule has 7 nitrogen and oxygen atoms in total. The standard InChI is InChI=1S/C31H33FN4O3S/c1-34-29(37)26(16-21-10-4-6-13-25(21)32)35(2)31(39)27(17-23-19-40-28-14-7-5-12-24(23)28)36(3)30(38)22-11-8-9-20(15-22)18-33/h4-15,19,26-27H,16-18,33H2,1-3H3,(H,34,37)/t26-,27-/m1/s1. The maximum atomic E-state index is 14.5. The average Bonchev–Trinajstić information content (AvgIpc) is 3.40. The number of rotatable bonds is 10. The van der Waals surface area contributed by atoms with E-state index in [0.29, 0.717) is 11.1 Å². The summed E-state index contributed by atoms with van der Waals surface area (Å²) in [7, 11) is 4.59. The lowest BCUT2D eigenvalue weighted by molar-refractivity contribution is -0.142. The van der Waals surface area contributed by atoms with E-state index in [-0.39, 0.29) is 25.3 Å². The third kappa shape index (κ3) is 6.21. The van der Waals surface area contributed by atoms with E-state index in [0.717, 1.165) is 21.2 Å². The Labute approximate surface area is 237 Å². The van der Waals surface area contributed by atoms with Crippen LogP contribution in [0.15, 0.2) is 78.2 Å². The van der Waals surface area contributed by atoms with Gasteiger partial charge in [0.2, 0.25) is 11.8 Å². The summed E-state index contributed by atoms with van der Waals surface area (Å²) in [6.07, 6.45) is 0.227. The molecular formula is C31H33FN4O3S. The van der Waals surface area contributed by atoms with Gasteiger partial charge in [-0.2, -0.15) is 0 Å². The van der Waals surface area contributed by atoms with Crippen molar-refractivity contribution in [1.29, 1.82) is 0 Å². The van der Waals surface area contributed by atoms with Gasteiger partial charge in [-0.15, -0.1) is 11.3 Å². The number of nitrogens with two attached hydrogens (primary N) is 1. The van der Waals surface area contributed by atoms with Crippen molar-refractivity contribution in [1.82, 2.24) is 15.1 Å². The minimum Gasteiger partial charge on any atom is -0.357 e. The van der Waals surface area contributed by atoms with Crippen molar-refractivity contribution in [2.45, 2.75) is 31.5 Å². The van der Waals surface area contributed by atoms with Crippen LogP contribution in [0.2, 0.25) is 0 Å². The van der Waals surface area contributed by atoms with Crippen molar-refractivity contribution in [3.63, 3.8) is 0 Å². The van der Waals surface area contributed by atoms with Gasteiger partial charge in [0.1, 0.15) is 17.9 Å². The molecule has 208 valence electrons. The van der Waals surface area contributed by atoms with Crippen molar-refractivity contribution in [2.24, 2.45) is 5.73 Å². The predicted molar refractivity (Wildman–Crippen MR) is 156 cm³/mol. The highest BCUT2D eigenvalue weighted by Gasteiger charge is 2.36. The Morgan fingerprint density at radius 1 is 0.900 bits per heavy atom. The Balaban J connectivity index is 1.71. The summed E-state index contributed by atoms with van der Waals surface area (Å²) in [4.78, 5) is 43.6. The van der Waals surface area contributed by atoms with Gasteiger partial charge in [0.15, 0.2) is 0 Å². The first kappa shape index (κ1) is 28.9. The molecule has 3 N–H and O–H groups in total. The number of fused-ring (bicyclic) bond motifs is 1. The quantitative estimate of drug-likeness (QED) is 0.307. The van der Waals surface area contributed by atoms with Crippen LogP contribution in [0, 0.1) is 5.82 Å². The third-order valence-corrected chi connectivity index (χ3v) is 8.20. The molecule has 3 amide bonds. The molecule has 3 aromatic carbocycles. The molecule has 4 rings (SSSR count). The van der Waals surface area contributed by atoms with E-state index >= 15 is 0 Å². The monoisotopic (exact) mass is 560 g/mol. The van der Waals surface area contributed by atoms with Gasteiger partial charge in [0.05, 0.1) is 0 Å². The Kier molecular flexibility index (Phi) is 9.29. The smallest absolute Gasteiger partial charge is 0.254 e. The fourth-order valence-electron chi connectivity index (χ4n) is 4.80. The van der Waals surface area contributed by atoms with Gasteiger partial charge >= 0.3 is 0 Å². The zero-order valence-electron chi connectivity index (χ0n) is 22.8. The zero-order chi connectivity index (χ0) is 28.8. The molecule has 0 spiro atoms. The molecule has 2 atom stereocenters. The highest BCUT2D eigenvalue weighted by molar-refractivity contribution is 7.17. The number of likely N-dealkylation sites (N-methyl/N-ethyl adjacent to an activating group) is 3. The van der Waals surface area contributed by atoms with Gasteiger partial charge in [-0.25, -0.2) is 4.39 Å². The Hall–Kier alpha value is -4.08. The number of benzene rings is 3. The molecule has 4 aromatic rings. The summed E-state index contributed by atoms with van der Waals surface area (Å²) >= 11 is 1.57. The van der Waals surface area contributed by atoms with Crippen LogP contribution in [0.25, 0.3) is 10.1 Å². The molecule has 0 bridgehead atoms. The Morgan fingerprint density at radius 3 is 2.33 bits per heavy atom. The molecule has 0 fully saturated rings. The molecule has 9 heteroatoms. The van der Waals surface area contributed by atoms with Crippen LogP contribution < -0.4 is 11.1 Å². The minimum atomic E-state index is -0.986. The van der Waals surface area contributed by atoms with Gasteiger partial charge in [-0.1, -0.05) is 48.5 Å². The molecule has 0 saturated heterocycles. The van der Waals surface area contributed by atoms with E-state index < -0.39 is 29.7 Å². The maximum absolute atomic E-state index is 14.5. The summed E-state index contributed by atoms with van der Waals surface area (Å²) in [5.41, 5.74) is 8.24. The lowest BCUT2D eigenvalue weighted by atomic mass is 9.99. The zero-order valence-corrected chi connectivity index (χ0v) is 23.6. The number of nitrogens with one attached hydrogen (secondary N) is 1. The van der Waals surface area contributed by atoms with Crippen molar-refractivity contribution in [3.05, 3.63) is 106 Å². The fourth-order valence-corrected chi connectivity index (χ4v) is 5.77. The summed E-state index contributed by atoms with van der Waals surface area (Å²) in [5.74, 6) is -1.65. The molecule has 1 aromatic heterocycles. The first-order valence-corrected chi connectivity index (χ1v) is 13.9. The largest absolute Gasteiger partial charge is 0.357 e. The van der Waals surface area contributed by atoms with E-state index in [1.807, 2.05) is 35.7 Å². The minimum absolute atomic E-state index is 0.0150. The van der Waals surface area contributed by atoms with E-state index in [9.17, 15) is 18.8 Å². The molecule has 1 heterocycles. The van der Waals surface area contributed by atoms with Crippen molar-refractivity contribution in [2.75, 3.05) is 21.1 Å². The maximum Gasteiger partial charge on any atom is 0.254 e. The van der Waals surface area contributed by atoms with Gasteiger partial charge in [-0.3, -0.25) is 14.4 Å². The van der Waals surface area contributed by atoms with Crippen LogP contribution in [-0.4, -0.2) is 60.7 Å². The molecular weight excluding hydrogens is 527 g/mol. The highest BCUT2D eigenvalue weighted by atomic mass is 32.1. The van der Waals surface area contributed by atoms with Crippen LogP contribution >= 0.6 is 11.3 Å². The molecule has 0 aliphatic heterocycles. The Bertz CT molecular complexity index is 1520. The van der Waals surface area contributed by atoms with Crippen LogP contribution in [0.1, 0.15) is 27.0 Å². The average molecular weight is 561 g/mol. The van der Waals surface area contributed by atoms with Gasteiger partial charge in [0, 0.05) is 50.8 Å². The summed E-state index contributed by atoms with van der Waals surface area (Å²) in [5, 5.41) is 5.60. The molecule has 0 unspecified atom stereocenters. The molecule has 0 aliphatic carbocycles. The summed E-state index contributed by atoms with van der Waals surface area (Å²) < 4.78 is 15.6. The molecule has 0 saturated carbocycles. The first-order valence-electron chi connectivity index (χ1n) is 13.0.